The predicted molar refractivity (Wildman–Crippen MR) is 120 cm³/mol. The van der Waals surface area contributed by atoms with Crippen LogP contribution in [0, 0.1) is 8.99 Å². The summed E-state index contributed by atoms with van der Waals surface area (Å²) in [6.07, 6.45) is 14.1. The second-order valence-corrected chi connectivity index (χ2v) is 9.49. The number of unbranched alkanes of at least 4 members (excludes halogenated alkanes) is 9. The molecule has 0 aliphatic heterocycles. The molecular formula is C23H37IO2. The molecule has 3 heteroatoms. The van der Waals surface area contributed by atoms with Crippen LogP contribution in [0.1, 0.15) is 103 Å². The molecule has 0 aliphatic carbocycles. The number of benzene rings is 1. The van der Waals surface area contributed by atoms with Crippen molar-refractivity contribution in [2.24, 2.45) is 5.41 Å². The maximum Gasteiger partial charge on any atom is 0.311 e. The summed E-state index contributed by atoms with van der Waals surface area (Å²) in [5, 5.41) is 9.79. The van der Waals surface area contributed by atoms with Crippen LogP contribution in [0.15, 0.2) is 24.3 Å². The highest BCUT2D eigenvalue weighted by molar-refractivity contribution is 14.1. The van der Waals surface area contributed by atoms with Crippen LogP contribution >= 0.6 is 22.6 Å². The maximum absolute atomic E-state index is 11.9. The zero-order chi connectivity index (χ0) is 19.4. The summed E-state index contributed by atoms with van der Waals surface area (Å²) in [5.41, 5.74) is 0.702. The quantitative estimate of drug-likeness (QED) is 0.222. The van der Waals surface area contributed by atoms with E-state index in [2.05, 4.69) is 43.4 Å². The molecular weight excluding hydrogens is 435 g/mol. The Labute approximate surface area is 174 Å². The number of halogens is 1. The van der Waals surface area contributed by atoms with Gasteiger partial charge in [-0.3, -0.25) is 4.79 Å². The van der Waals surface area contributed by atoms with Crippen LogP contribution in [0.3, 0.4) is 0 Å². The molecule has 1 rings (SSSR count). The minimum atomic E-state index is -0.705. The highest BCUT2D eigenvalue weighted by Crippen LogP contribution is 2.40. The first-order chi connectivity index (χ1) is 12.4. The van der Waals surface area contributed by atoms with Gasteiger partial charge in [-0.05, 0) is 52.1 Å². The lowest BCUT2D eigenvalue weighted by Crippen LogP contribution is -2.29. The van der Waals surface area contributed by atoms with Crippen molar-refractivity contribution in [2.45, 2.75) is 97.3 Å². The van der Waals surface area contributed by atoms with Gasteiger partial charge < -0.3 is 5.11 Å². The van der Waals surface area contributed by atoms with Gasteiger partial charge in [0.15, 0.2) is 0 Å². The Morgan fingerprint density at radius 3 is 1.85 bits per heavy atom. The summed E-state index contributed by atoms with van der Waals surface area (Å²) in [4.78, 5) is 11.9. The Morgan fingerprint density at radius 1 is 0.923 bits per heavy atom. The van der Waals surface area contributed by atoms with Crippen molar-refractivity contribution >= 4 is 28.6 Å². The largest absolute Gasteiger partial charge is 0.481 e. The van der Waals surface area contributed by atoms with Gasteiger partial charge in [0.25, 0.3) is 0 Å². The summed E-state index contributed by atoms with van der Waals surface area (Å²) < 4.78 is 1.14. The summed E-state index contributed by atoms with van der Waals surface area (Å²) in [7, 11) is 0. The highest BCUT2D eigenvalue weighted by atomic mass is 127. The summed E-state index contributed by atoms with van der Waals surface area (Å²) in [5.74, 6) is -1.14. The minimum absolute atomic E-state index is 0.223. The average Bonchev–Trinajstić information content (AvgIpc) is 2.58. The van der Waals surface area contributed by atoms with Gasteiger partial charge in [-0.15, -0.1) is 0 Å². The van der Waals surface area contributed by atoms with Crippen LogP contribution < -0.4 is 0 Å². The molecule has 2 nitrogen and oxygen atoms in total. The van der Waals surface area contributed by atoms with Gasteiger partial charge in [0, 0.05) is 3.57 Å². The van der Waals surface area contributed by atoms with Crippen molar-refractivity contribution in [3.05, 3.63) is 33.4 Å². The van der Waals surface area contributed by atoms with Gasteiger partial charge in [0.1, 0.15) is 0 Å². The van der Waals surface area contributed by atoms with Gasteiger partial charge in [0.2, 0.25) is 0 Å². The normalized spacial score (nSPS) is 12.9. The molecule has 0 saturated heterocycles. The standard InChI is InChI=1S/C23H37IO2/c1-4-5-6-7-8-9-10-11-12-13-18-23(2,3)21(22(25)26)19-14-16-20(24)17-15-19/h14-17,21H,4-13,18H2,1-3H3,(H,25,26). The third kappa shape index (κ3) is 8.88. The van der Waals surface area contributed by atoms with E-state index < -0.39 is 11.9 Å². The van der Waals surface area contributed by atoms with Gasteiger partial charge in [-0.1, -0.05) is 97.1 Å². The lowest BCUT2D eigenvalue weighted by molar-refractivity contribution is -0.141. The first-order valence-electron chi connectivity index (χ1n) is 10.4. The number of hydrogen-bond donors (Lipinski definition) is 1. The molecule has 0 saturated carbocycles. The summed E-state index contributed by atoms with van der Waals surface area (Å²) in [6, 6.07) is 7.95. The third-order valence-corrected chi connectivity index (χ3v) is 6.13. The molecule has 0 fully saturated rings. The van der Waals surface area contributed by atoms with E-state index in [0.717, 1.165) is 22.0 Å². The maximum atomic E-state index is 11.9. The van der Waals surface area contributed by atoms with Crippen molar-refractivity contribution in [2.75, 3.05) is 0 Å². The molecule has 1 aromatic carbocycles. The van der Waals surface area contributed by atoms with E-state index >= 15 is 0 Å². The third-order valence-electron chi connectivity index (χ3n) is 5.41. The van der Waals surface area contributed by atoms with Crippen molar-refractivity contribution < 1.29 is 9.90 Å². The van der Waals surface area contributed by atoms with Gasteiger partial charge in [0.05, 0.1) is 5.92 Å². The van der Waals surface area contributed by atoms with Gasteiger partial charge in [-0.2, -0.15) is 0 Å². The van der Waals surface area contributed by atoms with Crippen LogP contribution in [0.25, 0.3) is 0 Å². The van der Waals surface area contributed by atoms with Crippen LogP contribution in [0.2, 0.25) is 0 Å². The molecule has 0 heterocycles. The lowest BCUT2D eigenvalue weighted by Gasteiger charge is -2.32. The fourth-order valence-corrected chi connectivity index (χ4v) is 4.16. The second kappa shape index (κ2) is 12.7. The van der Waals surface area contributed by atoms with Gasteiger partial charge in [-0.25, -0.2) is 0 Å². The average molecular weight is 472 g/mol. The van der Waals surface area contributed by atoms with Crippen LogP contribution in [0.5, 0.6) is 0 Å². The molecule has 1 unspecified atom stereocenters. The van der Waals surface area contributed by atoms with Crippen molar-refractivity contribution in [3.8, 4) is 0 Å². The molecule has 0 aromatic heterocycles. The Kier molecular flexibility index (Phi) is 11.5. The first kappa shape index (κ1) is 23.5. The van der Waals surface area contributed by atoms with E-state index in [0.29, 0.717) is 0 Å². The summed E-state index contributed by atoms with van der Waals surface area (Å²) in [6.45, 7) is 6.48. The molecule has 26 heavy (non-hydrogen) atoms. The van der Waals surface area contributed by atoms with Crippen molar-refractivity contribution in [1.29, 1.82) is 0 Å². The smallest absolute Gasteiger partial charge is 0.311 e. The van der Waals surface area contributed by atoms with E-state index in [1.807, 2.05) is 24.3 Å². The Hall–Kier alpha value is -0.580. The fourth-order valence-electron chi connectivity index (χ4n) is 3.80. The van der Waals surface area contributed by atoms with Crippen LogP contribution in [-0.4, -0.2) is 11.1 Å². The monoisotopic (exact) mass is 472 g/mol. The van der Waals surface area contributed by atoms with E-state index in [1.54, 1.807) is 0 Å². The molecule has 0 bridgehead atoms. The molecule has 0 amide bonds. The molecule has 148 valence electrons. The minimum Gasteiger partial charge on any atom is -0.481 e. The lowest BCUT2D eigenvalue weighted by atomic mass is 9.72. The second-order valence-electron chi connectivity index (χ2n) is 8.24. The molecule has 1 N–H and O–H groups in total. The Balaban J connectivity index is 2.34. The van der Waals surface area contributed by atoms with E-state index in [4.69, 9.17) is 0 Å². The SMILES string of the molecule is CCCCCCCCCCCCC(C)(C)C(C(=O)O)c1ccc(I)cc1. The molecule has 1 aromatic rings. The number of hydrogen-bond acceptors (Lipinski definition) is 1. The van der Waals surface area contributed by atoms with Crippen LogP contribution in [-0.2, 0) is 4.79 Å². The number of aliphatic carboxylic acids is 1. The molecule has 0 aliphatic rings. The fraction of sp³-hybridized carbons (Fsp3) is 0.696. The number of carboxylic acids is 1. The van der Waals surface area contributed by atoms with Gasteiger partial charge >= 0.3 is 5.97 Å². The molecule has 1 atom stereocenters. The van der Waals surface area contributed by atoms with Crippen molar-refractivity contribution in [3.63, 3.8) is 0 Å². The zero-order valence-electron chi connectivity index (χ0n) is 16.9. The Morgan fingerprint density at radius 2 is 1.38 bits per heavy atom. The molecule has 0 spiro atoms. The predicted octanol–water partition coefficient (Wildman–Crippen LogP) is 7.80. The topological polar surface area (TPSA) is 37.3 Å². The van der Waals surface area contributed by atoms with E-state index in [-0.39, 0.29) is 5.41 Å². The molecule has 0 radical (unpaired) electrons. The van der Waals surface area contributed by atoms with Crippen molar-refractivity contribution in [1.82, 2.24) is 0 Å². The Bertz CT molecular complexity index is 507. The summed E-state index contributed by atoms with van der Waals surface area (Å²) >= 11 is 2.26. The number of carboxylic acid groups (broad SMARTS) is 1. The van der Waals surface area contributed by atoms with E-state index in [1.165, 1.54) is 57.8 Å². The number of rotatable bonds is 14. The van der Waals surface area contributed by atoms with E-state index in [9.17, 15) is 9.90 Å². The zero-order valence-corrected chi connectivity index (χ0v) is 19.1. The van der Waals surface area contributed by atoms with Crippen LogP contribution in [0.4, 0.5) is 0 Å². The highest BCUT2D eigenvalue weighted by Gasteiger charge is 2.35. The first-order valence-corrected chi connectivity index (χ1v) is 11.4. The number of carbonyl (C=O) groups is 1.